The zero-order chi connectivity index (χ0) is 11.5. The fourth-order valence-electron chi connectivity index (χ4n) is 2.36. The van der Waals surface area contributed by atoms with Gasteiger partial charge in [0.05, 0.1) is 24.1 Å². The summed E-state index contributed by atoms with van der Waals surface area (Å²) in [4.78, 5) is 4.16. The van der Waals surface area contributed by atoms with Gasteiger partial charge >= 0.3 is 0 Å². The maximum absolute atomic E-state index is 5.73. The highest BCUT2D eigenvalue weighted by Crippen LogP contribution is 2.23. The lowest BCUT2D eigenvalue weighted by atomic mass is 9.99. The zero-order valence-corrected chi connectivity index (χ0v) is 10.2. The minimum atomic E-state index is 0.346. The number of nitrogens with zero attached hydrogens (tertiary/aromatic N) is 1. The van der Waals surface area contributed by atoms with Crippen LogP contribution in [0.2, 0.25) is 0 Å². The van der Waals surface area contributed by atoms with E-state index in [0.29, 0.717) is 18.2 Å². The van der Waals surface area contributed by atoms with Crippen LogP contribution in [0.5, 0.6) is 0 Å². The van der Waals surface area contributed by atoms with E-state index in [1.165, 1.54) is 5.56 Å². The lowest BCUT2D eigenvalue weighted by Crippen LogP contribution is -2.37. The number of hydrogen-bond donors (Lipinski definition) is 1. The Hall–Kier alpha value is -1.09. The van der Waals surface area contributed by atoms with Gasteiger partial charge in [-0.3, -0.25) is 4.98 Å². The average molecular weight is 220 g/mol. The van der Waals surface area contributed by atoms with Gasteiger partial charge < -0.3 is 10.1 Å². The van der Waals surface area contributed by atoms with Crippen molar-refractivity contribution in [3.63, 3.8) is 0 Å². The van der Waals surface area contributed by atoms with Crippen molar-refractivity contribution in [2.24, 2.45) is 0 Å². The van der Waals surface area contributed by atoms with Gasteiger partial charge in [-0.25, -0.2) is 0 Å². The molecule has 0 saturated carbocycles. The second-order valence-corrected chi connectivity index (χ2v) is 4.76. The number of aryl methyl sites for hydroxylation is 1. The Balaban J connectivity index is 2.02. The Labute approximate surface area is 97.2 Å². The molecule has 2 unspecified atom stereocenters. The van der Waals surface area contributed by atoms with Gasteiger partial charge in [-0.1, -0.05) is 0 Å². The summed E-state index contributed by atoms with van der Waals surface area (Å²) in [5.41, 5.74) is 2.40. The smallest absolute Gasteiger partial charge is 0.0570 e. The van der Waals surface area contributed by atoms with E-state index >= 15 is 0 Å². The number of anilines is 1. The fourth-order valence-corrected chi connectivity index (χ4v) is 2.36. The molecule has 16 heavy (non-hydrogen) atoms. The van der Waals surface area contributed by atoms with Crippen LogP contribution >= 0.6 is 0 Å². The standard InChI is InChI=1S/C13H20N2O/c1-9-4-5-14-8-13(9)15-12-6-10(2)16-11(3)7-12/h4-5,8,10-12,15H,6-7H2,1-3H3. The summed E-state index contributed by atoms with van der Waals surface area (Å²) in [6.07, 6.45) is 6.56. The van der Waals surface area contributed by atoms with Gasteiger partial charge in [0.15, 0.2) is 0 Å². The van der Waals surface area contributed by atoms with Crippen LogP contribution in [0.1, 0.15) is 32.3 Å². The first kappa shape index (κ1) is 11.4. The van der Waals surface area contributed by atoms with E-state index in [-0.39, 0.29) is 0 Å². The second kappa shape index (κ2) is 4.83. The molecule has 1 N–H and O–H groups in total. The molecule has 1 aliphatic heterocycles. The molecule has 0 radical (unpaired) electrons. The first-order chi connectivity index (χ1) is 7.65. The summed E-state index contributed by atoms with van der Waals surface area (Å²) < 4.78 is 5.73. The summed E-state index contributed by atoms with van der Waals surface area (Å²) in [5.74, 6) is 0. The Kier molecular flexibility index (Phi) is 3.44. The van der Waals surface area contributed by atoms with Gasteiger partial charge in [0.25, 0.3) is 0 Å². The molecule has 1 saturated heterocycles. The predicted molar refractivity (Wildman–Crippen MR) is 65.6 cm³/mol. The third-order valence-corrected chi connectivity index (χ3v) is 3.10. The maximum atomic E-state index is 5.73. The number of ether oxygens (including phenoxy) is 1. The lowest BCUT2D eigenvalue weighted by Gasteiger charge is -2.33. The SMILES string of the molecule is Cc1ccncc1NC1CC(C)OC(C)C1. The summed E-state index contributed by atoms with van der Waals surface area (Å²) >= 11 is 0. The van der Waals surface area contributed by atoms with E-state index in [0.717, 1.165) is 18.5 Å². The Morgan fingerprint density at radius 1 is 1.31 bits per heavy atom. The number of nitrogens with one attached hydrogen (secondary N) is 1. The van der Waals surface area contributed by atoms with Crippen LogP contribution in [0.15, 0.2) is 18.5 Å². The predicted octanol–water partition coefficient (Wildman–Crippen LogP) is 2.76. The van der Waals surface area contributed by atoms with E-state index in [2.05, 4.69) is 31.1 Å². The molecule has 2 rings (SSSR count). The Morgan fingerprint density at radius 2 is 2.00 bits per heavy atom. The number of rotatable bonds is 2. The quantitative estimate of drug-likeness (QED) is 0.832. The summed E-state index contributed by atoms with van der Waals surface area (Å²) in [5, 5.41) is 3.57. The summed E-state index contributed by atoms with van der Waals surface area (Å²) in [7, 11) is 0. The molecule has 0 aromatic carbocycles. The number of aromatic nitrogens is 1. The highest BCUT2D eigenvalue weighted by atomic mass is 16.5. The Bertz CT molecular complexity index is 344. The second-order valence-electron chi connectivity index (χ2n) is 4.76. The Morgan fingerprint density at radius 3 is 2.62 bits per heavy atom. The molecule has 3 heteroatoms. The van der Waals surface area contributed by atoms with E-state index < -0.39 is 0 Å². The molecule has 88 valence electrons. The van der Waals surface area contributed by atoms with Gasteiger partial charge in [-0.2, -0.15) is 0 Å². The molecule has 1 aromatic heterocycles. The van der Waals surface area contributed by atoms with Gasteiger partial charge in [0.1, 0.15) is 0 Å². The molecular weight excluding hydrogens is 200 g/mol. The van der Waals surface area contributed by atoms with E-state index in [4.69, 9.17) is 4.74 Å². The molecule has 2 atom stereocenters. The molecule has 0 amide bonds. The molecule has 0 bridgehead atoms. The maximum Gasteiger partial charge on any atom is 0.0570 e. The van der Waals surface area contributed by atoms with Crippen molar-refractivity contribution in [1.82, 2.24) is 4.98 Å². The zero-order valence-electron chi connectivity index (χ0n) is 10.2. The van der Waals surface area contributed by atoms with Crippen molar-refractivity contribution >= 4 is 5.69 Å². The van der Waals surface area contributed by atoms with Crippen molar-refractivity contribution < 1.29 is 4.74 Å². The minimum Gasteiger partial charge on any atom is -0.381 e. The fraction of sp³-hybridized carbons (Fsp3) is 0.615. The molecule has 2 heterocycles. The molecule has 0 spiro atoms. The number of hydrogen-bond acceptors (Lipinski definition) is 3. The first-order valence-electron chi connectivity index (χ1n) is 5.97. The molecular formula is C13H20N2O. The topological polar surface area (TPSA) is 34.2 Å². The monoisotopic (exact) mass is 220 g/mol. The van der Waals surface area contributed by atoms with Gasteiger partial charge in [0, 0.05) is 12.2 Å². The van der Waals surface area contributed by atoms with Crippen LogP contribution in [0.25, 0.3) is 0 Å². The normalized spacial score (nSPS) is 30.1. The summed E-state index contributed by atoms with van der Waals surface area (Å²) in [6, 6.07) is 2.54. The van der Waals surface area contributed by atoms with Crippen molar-refractivity contribution in [2.75, 3.05) is 5.32 Å². The first-order valence-corrected chi connectivity index (χ1v) is 5.97. The highest BCUT2D eigenvalue weighted by molar-refractivity contribution is 5.48. The van der Waals surface area contributed by atoms with E-state index in [1.54, 1.807) is 0 Å². The van der Waals surface area contributed by atoms with Crippen molar-refractivity contribution in [3.8, 4) is 0 Å². The van der Waals surface area contributed by atoms with Crippen LogP contribution in [0.4, 0.5) is 5.69 Å². The van der Waals surface area contributed by atoms with Crippen molar-refractivity contribution in [2.45, 2.75) is 51.9 Å². The minimum absolute atomic E-state index is 0.346. The summed E-state index contributed by atoms with van der Waals surface area (Å²) in [6.45, 7) is 6.39. The molecule has 1 aromatic rings. The third kappa shape index (κ3) is 2.73. The van der Waals surface area contributed by atoms with Crippen LogP contribution in [0.3, 0.4) is 0 Å². The molecule has 1 aliphatic rings. The molecule has 3 nitrogen and oxygen atoms in total. The largest absolute Gasteiger partial charge is 0.381 e. The van der Waals surface area contributed by atoms with Gasteiger partial charge in [-0.05, 0) is 45.2 Å². The molecule has 0 aliphatic carbocycles. The van der Waals surface area contributed by atoms with Gasteiger partial charge in [-0.15, -0.1) is 0 Å². The molecule has 1 fully saturated rings. The van der Waals surface area contributed by atoms with E-state index in [1.807, 2.05) is 18.5 Å². The van der Waals surface area contributed by atoms with Crippen LogP contribution < -0.4 is 5.32 Å². The van der Waals surface area contributed by atoms with Gasteiger partial charge in [0.2, 0.25) is 0 Å². The third-order valence-electron chi connectivity index (χ3n) is 3.10. The van der Waals surface area contributed by atoms with E-state index in [9.17, 15) is 0 Å². The van der Waals surface area contributed by atoms with Crippen molar-refractivity contribution in [3.05, 3.63) is 24.0 Å². The van der Waals surface area contributed by atoms with Crippen LogP contribution in [-0.4, -0.2) is 23.2 Å². The average Bonchev–Trinajstić information content (AvgIpc) is 2.20. The number of pyridine rings is 1. The van der Waals surface area contributed by atoms with Crippen molar-refractivity contribution in [1.29, 1.82) is 0 Å². The highest BCUT2D eigenvalue weighted by Gasteiger charge is 2.24. The van der Waals surface area contributed by atoms with Crippen LogP contribution in [-0.2, 0) is 4.74 Å². The van der Waals surface area contributed by atoms with Crippen LogP contribution in [0, 0.1) is 6.92 Å². The lowest BCUT2D eigenvalue weighted by molar-refractivity contribution is -0.0337.